The van der Waals surface area contributed by atoms with Crippen molar-refractivity contribution >= 4 is 29.1 Å². The molecule has 0 aliphatic carbocycles. The molecule has 0 fully saturated rings. The minimum Gasteiger partial charge on any atom is -0.605 e. The Morgan fingerprint density at radius 1 is 1.53 bits per heavy atom. The van der Waals surface area contributed by atoms with E-state index in [4.69, 9.17) is 0 Å². The Kier molecular flexibility index (Phi) is 5.12. The van der Waals surface area contributed by atoms with Crippen molar-refractivity contribution in [3.05, 3.63) is 47.8 Å². The smallest absolute Gasteiger partial charge is 0.135 e. The Hall–Kier alpha value is -0.0300. The highest BCUT2D eigenvalue weighted by atomic mass is 33.6. The van der Waals surface area contributed by atoms with Crippen molar-refractivity contribution in [3.63, 3.8) is 0 Å². The van der Waals surface area contributed by atoms with Gasteiger partial charge in [0.25, 0.3) is 0 Å². The van der Waals surface area contributed by atoms with Gasteiger partial charge in [0.05, 0.1) is 0 Å². The molecule has 0 amide bonds. The SMILES string of the molecule is C=CCSS1([S+]([O-])CC=C)C=CC=C1C. The van der Waals surface area contributed by atoms with Crippen LogP contribution in [0.3, 0.4) is 0 Å². The van der Waals surface area contributed by atoms with Gasteiger partial charge in [-0.1, -0.05) is 29.5 Å². The summed E-state index contributed by atoms with van der Waals surface area (Å²) in [5.74, 6) is 1.41. The van der Waals surface area contributed by atoms with Crippen molar-refractivity contribution in [1.29, 1.82) is 0 Å². The van der Waals surface area contributed by atoms with Gasteiger partial charge < -0.3 is 4.55 Å². The molecule has 2 unspecified atom stereocenters. The molecule has 0 bridgehead atoms. The zero-order valence-corrected chi connectivity index (χ0v) is 11.3. The summed E-state index contributed by atoms with van der Waals surface area (Å²) in [5, 5.41) is 2.11. The van der Waals surface area contributed by atoms with Gasteiger partial charge in [0, 0.05) is 34.4 Å². The fourth-order valence-corrected chi connectivity index (χ4v) is 10.3. The molecule has 1 rings (SSSR count). The first-order valence-electron chi connectivity index (χ1n) is 4.61. The van der Waals surface area contributed by atoms with E-state index in [-0.39, 0.29) is 0 Å². The molecule has 0 spiro atoms. The minimum atomic E-state index is -1.32. The largest absolute Gasteiger partial charge is 0.605 e. The molecule has 4 heteroatoms. The third-order valence-electron chi connectivity index (χ3n) is 1.93. The molecular formula is C11H16OS3. The van der Waals surface area contributed by atoms with Gasteiger partial charge >= 0.3 is 0 Å². The van der Waals surface area contributed by atoms with Gasteiger partial charge in [-0.25, -0.2) is 0 Å². The Morgan fingerprint density at radius 2 is 2.27 bits per heavy atom. The van der Waals surface area contributed by atoms with Gasteiger partial charge in [-0.3, -0.25) is 0 Å². The number of hydrogen-bond acceptors (Lipinski definition) is 2. The molecule has 0 aromatic rings. The van der Waals surface area contributed by atoms with Gasteiger partial charge in [-0.05, 0) is 19.1 Å². The fourth-order valence-electron chi connectivity index (χ4n) is 1.22. The summed E-state index contributed by atoms with van der Waals surface area (Å²) < 4.78 is 12.2. The highest BCUT2D eigenvalue weighted by molar-refractivity contribution is 9.25. The molecule has 1 aliphatic heterocycles. The number of hydrogen-bond donors (Lipinski definition) is 0. The summed E-state index contributed by atoms with van der Waals surface area (Å²) in [6.45, 7) is 9.43. The van der Waals surface area contributed by atoms with E-state index in [1.165, 1.54) is 4.91 Å². The summed E-state index contributed by atoms with van der Waals surface area (Å²) >= 11 is 0. The third-order valence-corrected chi connectivity index (χ3v) is 13.3. The van der Waals surface area contributed by atoms with Crippen molar-refractivity contribution in [2.75, 3.05) is 11.5 Å². The zero-order valence-electron chi connectivity index (χ0n) is 8.85. The molecule has 1 heterocycles. The van der Waals surface area contributed by atoms with Crippen LogP contribution in [0.4, 0.5) is 0 Å². The van der Waals surface area contributed by atoms with Crippen LogP contribution in [-0.4, -0.2) is 16.1 Å². The van der Waals surface area contributed by atoms with E-state index in [0.29, 0.717) is 5.75 Å². The van der Waals surface area contributed by atoms with Crippen molar-refractivity contribution in [1.82, 2.24) is 0 Å². The lowest BCUT2D eigenvalue weighted by atomic mass is 10.5. The number of allylic oxidation sites excluding steroid dienone is 3. The van der Waals surface area contributed by atoms with Gasteiger partial charge in [-0.15, -0.1) is 6.58 Å². The highest BCUT2D eigenvalue weighted by Crippen LogP contribution is 2.73. The second-order valence-corrected chi connectivity index (χ2v) is 12.1. The van der Waals surface area contributed by atoms with Crippen molar-refractivity contribution in [3.8, 4) is 0 Å². The molecule has 0 aromatic carbocycles. The quantitative estimate of drug-likeness (QED) is 0.410. The molecule has 1 aliphatic rings. The van der Waals surface area contributed by atoms with Crippen LogP contribution in [0.15, 0.2) is 47.8 Å². The number of rotatable bonds is 6. The summed E-state index contributed by atoms with van der Waals surface area (Å²) in [5.41, 5.74) is 0. The third kappa shape index (κ3) is 2.75. The molecule has 0 N–H and O–H groups in total. The van der Waals surface area contributed by atoms with Gasteiger partial charge in [-0.2, -0.15) is 0 Å². The average molecular weight is 260 g/mol. The van der Waals surface area contributed by atoms with E-state index in [1.807, 2.05) is 12.2 Å². The zero-order chi connectivity index (χ0) is 11.3. The predicted octanol–water partition coefficient (Wildman–Crippen LogP) is 3.91. The fraction of sp³-hybridized carbons (Fsp3) is 0.273. The first-order chi connectivity index (χ1) is 7.17. The van der Waals surface area contributed by atoms with E-state index in [1.54, 1.807) is 16.9 Å². The van der Waals surface area contributed by atoms with E-state index >= 15 is 0 Å². The lowest BCUT2D eigenvalue weighted by molar-refractivity contribution is 0.612. The minimum absolute atomic E-state index is 0.564. The normalized spacial score (nSPS) is 30.4. The van der Waals surface area contributed by atoms with Crippen LogP contribution in [-0.2, 0) is 10.2 Å². The topological polar surface area (TPSA) is 23.1 Å². The first-order valence-corrected chi connectivity index (χ1v) is 9.64. The average Bonchev–Trinajstić information content (AvgIpc) is 2.58. The summed E-state index contributed by atoms with van der Waals surface area (Å²) in [6, 6.07) is 0. The second-order valence-electron chi connectivity index (χ2n) is 2.98. The van der Waals surface area contributed by atoms with Crippen LogP contribution in [0.5, 0.6) is 0 Å². The molecule has 1 nitrogen and oxygen atoms in total. The Labute approximate surface area is 99.7 Å². The van der Waals surface area contributed by atoms with Crippen LogP contribution in [0, 0.1) is 0 Å². The van der Waals surface area contributed by atoms with Gasteiger partial charge in [0.1, 0.15) is 5.75 Å². The second kappa shape index (κ2) is 5.89. The maximum atomic E-state index is 12.2. The van der Waals surface area contributed by atoms with Crippen LogP contribution >= 0.6 is 18.9 Å². The monoisotopic (exact) mass is 260 g/mol. The van der Waals surface area contributed by atoms with Crippen molar-refractivity contribution in [2.45, 2.75) is 6.92 Å². The highest BCUT2D eigenvalue weighted by Gasteiger charge is 2.37. The van der Waals surface area contributed by atoms with Crippen LogP contribution in [0.25, 0.3) is 0 Å². The lowest BCUT2D eigenvalue weighted by Crippen LogP contribution is -2.11. The van der Waals surface area contributed by atoms with E-state index in [0.717, 1.165) is 5.75 Å². The molecule has 0 saturated heterocycles. The first kappa shape index (κ1) is 13.0. The van der Waals surface area contributed by atoms with E-state index in [9.17, 15) is 4.55 Å². The summed E-state index contributed by atoms with van der Waals surface area (Å²) in [6.07, 6.45) is 7.68. The van der Waals surface area contributed by atoms with Crippen LogP contribution < -0.4 is 0 Å². The lowest BCUT2D eigenvalue weighted by Gasteiger charge is -2.34. The molecule has 84 valence electrons. The van der Waals surface area contributed by atoms with Gasteiger partial charge in [0.2, 0.25) is 0 Å². The maximum absolute atomic E-state index is 12.2. The maximum Gasteiger partial charge on any atom is 0.135 e. The molecule has 0 saturated carbocycles. The standard InChI is InChI=1S/C11H16OS3/c1-4-8-13-15(14(12)9-5-2)10-6-7-11(15)3/h4-7,10H,1-2,8-9H2,3H3. The van der Waals surface area contributed by atoms with Crippen LogP contribution in [0.2, 0.25) is 0 Å². The Balaban J connectivity index is 2.86. The Morgan fingerprint density at radius 3 is 2.73 bits per heavy atom. The van der Waals surface area contributed by atoms with Gasteiger partial charge in [0.15, 0.2) is 0 Å². The summed E-state index contributed by atoms with van der Waals surface area (Å²) in [7, 11) is -0.426. The Bertz CT molecular complexity index is 309. The summed E-state index contributed by atoms with van der Waals surface area (Å²) in [4.78, 5) is 1.23. The molecule has 0 aromatic heterocycles. The molecule has 2 atom stereocenters. The molecular weight excluding hydrogens is 244 g/mol. The van der Waals surface area contributed by atoms with E-state index in [2.05, 4.69) is 31.6 Å². The van der Waals surface area contributed by atoms with Crippen molar-refractivity contribution in [2.24, 2.45) is 0 Å². The predicted molar refractivity (Wildman–Crippen MR) is 76.3 cm³/mol. The van der Waals surface area contributed by atoms with Crippen molar-refractivity contribution < 1.29 is 4.55 Å². The molecule has 15 heavy (non-hydrogen) atoms. The van der Waals surface area contributed by atoms with Crippen LogP contribution in [0.1, 0.15) is 6.92 Å². The van der Waals surface area contributed by atoms with E-state index < -0.39 is 18.3 Å². The molecule has 0 radical (unpaired) electrons.